The Morgan fingerprint density at radius 3 is 2.19 bits per heavy atom. The maximum Gasteiger partial charge on any atom is 0.410 e. The van der Waals surface area contributed by atoms with E-state index in [4.69, 9.17) is 14.5 Å². The number of ether oxygens (including phenoxy) is 2. The van der Waals surface area contributed by atoms with Crippen molar-refractivity contribution in [1.29, 1.82) is 0 Å². The quantitative estimate of drug-likeness (QED) is 0.716. The van der Waals surface area contributed by atoms with Crippen molar-refractivity contribution < 1.29 is 14.3 Å². The summed E-state index contributed by atoms with van der Waals surface area (Å²) >= 11 is 0. The van der Waals surface area contributed by atoms with E-state index in [1.165, 1.54) is 11.3 Å². The van der Waals surface area contributed by atoms with Crippen molar-refractivity contribution in [2.75, 3.05) is 44.3 Å². The summed E-state index contributed by atoms with van der Waals surface area (Å²) < 4.78 is 10.9. The van der Waals surface area contributed by atoms with Crippen LogP contribution in [0.15, 0.2) is 42.6 Å². The minimum atomic E-state index is -0.453. The Balaban J connectivity index is 1.34. The second kappa shape index (κ2) is 9.27. The summed E-state index contributed by atoms with van der Waals surface area (Å²) in [7, 11) is 0. The van der Waals surface area contributed by atoms with Crippen LogP contribution in [0.25, 0.3) is 11.1 Å². The van der Waals surface area contributed by atoms with Gasteiger partial charge in [0.05, 0.1) is 13.2 Å². The third-order valence-corrected chi connectivity index (χ3v) is 5.93. The molecule has 0 radical (unpaired) electrons. The smallest absolute Gasteiger partial charge is 0.410 e. The van der Waals surface area contributed by atoms with Crippen LogP contribution in [0, 0.1) is 0 Å². The van der Waals surface area contributed by atoms with Crippen molar-refractivity contribution in [3.05, 3.63) is 48.3 Å². The molecule has 2 aliphatic heterocycles. The number of rotatable bonds is 3. The first-order valence-corrected chi connectivity index (χ1v) is 11.3. The minimum absolute atomic E-state index is 0.213. The number of carbonyl (C=O) groups is 1. The summed E-state index contributed by atoms with van der Waals surface area (Å²) in [4.78, 5) is 21.2. The van der Waals surface area contributed by atoms with Crippen LogP contribution < -0.4 is 4.90 Å². The van der Waals surface area contributed by atoms with Crippen molar-refractivity contribution in [2.24, 2.45) is 0 Å². The van der Waals surface area contributed by atoms with Crippen LogP contribution in [0.1, 0.15) is 45.2 Å². The molecular formula is C25H33N3O3. The van der Waals surface area contributed by atoms with Gasteiger partial charge >= 0.3 is 6.09 Å². The summed E-state index contributed by atoms with van der Waals surface area (Å²) in [6.45, 7) is 10.6. The van der Waals surface area contributed by atoms with Gasteiger partial charge in [-0.15, -0.1) is 0 Å². The van der Waals surface area contributed by atoms with Crippen molar-refractivity contribution in [3.8, 4) is 11.1 Å². The number of morpholine rings is 1. The number of pyridine rings is 1. The zero-order chi connectivity index (χ0) is 21.8. The maximum atomic E-state index is 12.3. The molecular weight excluding hydrogens is 390 g/mol. The number of likely N-dealkylation sites (tertiary alicyclic amines) is 1. The monoisotopic (exact) mass is 423 g/mol. The van der Waals surface area contributed by atoms with Gasteiger partial charge in [-0.3, -0.25) is 4.98 Å². The molecule has 31 heavy (non-hydrogen) atoms. The normalized spacial score (nSPS) is 18.2. The van der Waals surface area contributed by atoms with Crippen molar-refractivity contribution in [3.63, 3.8) is 0 Å². The highest BCUT2D eigenvalue weighted by molar-refractivity contribution is 5.68. The summed E-state index contributed by atoms with van der Waals surface area (Å²) in [5, 5.41) is 0. The Kier molecular flexibility index (Phi) is 6.46. The van der Waals surface area contributed by atoms with Gasteiger partial charge in [0.1, 0.15) is 5.60 Å². The molecule has 1 amide bonds. The van der Waals surface area contributed by atoms with Gasteiger partial charge in [-0.1, -0.05) is 18.2 Å². The standard InChI is InChI=1S/C25H33N3O3/c1-25(2,3)31-24(29)28-12-10-20(11-13-28)23-9-6-21(18-26-23)19-4-7-22(8-5-19)27-14-16-30-17-15-27/h4-9,18,20H,10-17H2,1-3H3. The van der Waals surface area contributed by atoms with E-state index in [-0.39, 0.29) is 6.09 Å². The van der Waals surface area contributed by atoms with Gasteiger partial charge in [0.2, 0.25) is 0 Å². The average Bonchev–Trinajstić information content (AvgIpc) is 2.79. The van der Waals surface area contributed by atoms with Crippen LogP contribution in [-0.2, 0) is 9.47 Å². The Hall–Kier alpha value is -2.60. The molecule has 0 saturated carbocycles. The van der Waals surface area contributed by atoms with E-state index in [0.717, 1.165) is 50.4 Å². The molecule has 3 heterocycles. The van der Waals surface area contributed by atoms with E-state index >= 15 is 0 Å². The molecule has 1 aromatic carbocycles. The zero-order valence-electron chi connectivity index (χ0n) is 18.8. The lowest BCUT2D eigenvalue weighted by atomic mass is 9.92. The Morgan fingerprint density at radius 1 is 0.968 bits per heavy atom. The molecule has 0 aliphatic carbocycles. The number of aromatic nitrogens is 1. The van der Waals surface area contributed by atoms with E-state index in [2.05, 4.69) is 41.3 Å². The maximum absolute atomic E-state index is 12.3. The fourth-order valence-electron chi connectivity index (χ4n) is 4.19. The van der Waals surface area contributed by atoms with Gasteiger partial charge < -0.3 is 19.3 Å². The molecule has 0 N–H and O–H groups in total. The second-order valence-electron chi connectivity index (χ2n) is 9.36. The van der Waals surface area contributed by atoms with E-state index in [0.29, 0.717) is 19.0 Å². The molecule has 2 saturated heterocycles. The lowest BCUT2D eigenvalue weighted by Crippen LogP contribution is -2.41. The summed E-state index contributed by atoms with van der Waals surface area (Å²) in [5.41, 5.74) is 4.20. The Morgan fingerprint density at radius 2 is 1.61 bits per heavy atom. The fourth-order valence-corrected chi connectivity index (χ4v) is 4.19. The number of nitrogens with zero attached hydrogens (tertiary/aromatic N) is 3. The molecule has 0 atom stereocenters. The molecule has 2 aromatic rings. The molecule has 1 aromatic heterocycles. The van der Waals surface area contributed by atoms with Crippen LogP contribution in [0.4, 0.5) is 10.5 Å². The predicted molar refractivity (Wildman–Crippen MR) is 122 cm³/mol. The molecule has 2 aliphatic rings. The van der Waals surface area contributed by atoms with Crippen LogP contribution in [0.3, 0.4) is 0 Å². The first-order chi connectivity index (χ1) is 14.9. The minimum Gasteiger partial charge on any atom is -0.444 e. The highest BCUT2D eigenvalue weighted by Crippen LogP contribution is 2.29. The summed E-state index contributed by atoms with van der Waals surface area (Å²) in [6.07, 6.45) is 3.59. The number of anilines is 1. The number of hydrogen-bond acceptors (Lipinski definition) is 5. The number of benzene rings is 1. The Labute approximate surface area is 185 Å². The van der Waals surface area contributed by atoms with Gasteiger partial charge in [0.15, 0.2) is 0 Å². The number of amides is 1. The molecule has 4 rings (SSSR count). The van der Waals surface area contributed by atoms with Crippen LogP contribution >= 0.6 is 0 Å². The Bertz CT molecular complexity index is 860. The molecule has 6 nitrogen and oxygen atoms in total. The zero-order valence-corrected chi connectivity index (χ0v) is 18.8. The second-order valence-corrected chi connectivity index (χ2v) is 9.36. The number of hydrogen-bond donors (Lipinski definition) is 0. The number of piperidine rings is 1. The average molecular weight is 424 g/mol. The van der Waals surface area contributed by atoms with Crippen LogP contribution in [0.2, 0.25) is 0 Å². The van der Waals surface area contributed by atoms with E-state index in [1.807, 2.05) is 31.9 Å². The highest BCUT2D eigenvalue weighted by atomic mass is 16.6. The van der Waals surface area contributed by atoms with Gasteiger partial charge in [-0.2, -0.15) is 0 Å². The SMILES string of the molecule is CC(C)(C)OC(=O)N1CCC(c2ccc(-c3ccc(N4CCOCC4)cc3)cn2)CC1. The molecule has 166 valence electrons. The fraction of sp³-hybridized carbons (Fsp3) is 0.520. The molecule has 6 heteroatoms. The van der Waals surface area contributed by atoms with Gasteiger partial charge in [-0.05, 0) is 57.4 Å². The van der Waals surface area contributed by atoms with E-state index in [1.54, 1.807) is 0 Å². The number of carbonyl (C=O) groups excluding carboxylic acids is 1. The van der Waals surface area contributed by atoms with Gasteiger partial charge in [0, 0.05) is 55.2 Å². The van der Waals surface area contributed by atoms with Gasteiger partial charge in [-0.25, -0.2) is 4.79 Å². The summed E-state index contributed by atoms with van der Waals surface area (Å²) in [6, 6.07) is 13.0. The molecule has 0 bridgehead atoms. The largest absolute Gasteiger partial charge is 0.444 e. The predicted octanol–water partition coefficient (Wildman–Crippen LogP) is 4.70. The highest BCUT2D eigenvalue weighted by Gasteiger charge is 2.28. The van der Waals surface area contributed by atoms with Crippen molar-refractivity contribution >= 4 is 11.8 Å². The van der Waals surface area contributed by atoms with E-state index < -0.39 is 5.60 Å². The first-order valence-electron chi connectivity index (χ1n) is 11.3. The molecule has 0 unspecified atom stereocenters. The lowest BCUT2D eigenvalue weighted by molar-refractivity contribution is 0.0204. The van der Waals surface area contributed by atoms with Crippen LogP contribution in [-0.4, -0.2) is 61.0 Å². The third-order valence-electron chi connectivity index (χ3n) is 5.93. The third kappa shape index (κ3) is 5.56. The van der Waals surface area contributed by atoms with Gasteiger partial charge in [0.25, 0.3) is 0 Å². The van der Waals surface area contributed by atoms with Crippen LogP contribution in [0.5, 0.6) is 0 Å². The topological polar surface area (TPSA) is 54.9 Å². The van der Waals surface area contributed by atoms with Crippen molar-refractivity contribution in [2.45, 2.75) is 45.1 Å². The first kappa shape index (κ1) is 21.6. The van der Waals surface area contributed by atoms with E-state index in [9.17, 15) is 4.79 Å². The molecule has 0 spiro atoms. The lowest BCUT2D eigenvalue weighted by Gasteiger charge is -2.33. The van der Waals surface area contributed by atoms with Crippen molar-refractivity contribution in [1.82, 2.24) is 9.88 Å². The molecule has 2 fully saturated rings. The summed E-state index contributed by atoms with van der Waals surface area (Å²) in [5.74, 6) is 0.386.